The summed E-state index contributed by atoms with van der Waals surface area (Å²) in [5, 5.41) is 0. The first-order valence-electron chi connectivity index (χ1n) is 6.48. The van der Waals surface area contributed by atoms with Gasteiger partial charge in [0.1, 0.15) is 0 Å². The molecule has 2 aliphatic rings. The van der Waals surface area contributed by atoms with Crippen LogP contribution in [-0.4, -0.2) is 31.9 Å². The molecule has 3 rings (SSSR count). The highest BCUT2D eigenvalue weighted by atomic mass is 32.2. The fourth-order valence-corrected chi connectivity index (χ4v) is 5.27. The molecular weight excluding hydrogens is 262 g/mol. The summed E-state index contributed by atoms with van der Waals surface area (Å²) in [4.78, 5) is 13.9. The molecule has 4 nitrogen and oxygen atoms in total. The topological polar surface area (TPSA) is 54.5 Å². The van der Waals surface area contributed by atoms with Gasteiger partial charge in [0, 0.05) is 18.0 Å². The van der Waals surface area contributed by atoms with Crippen molar-refractivity contribution in [2.45, 2.75) is 26.3 Å². The van der Waals surface area contributed by atoms with Gasteiger partial charge in [0.2, 0.25) is 5.91 Å². The molecule has 5 heteroatoms. The van der Waals surface area contributed by atoms with Gasteiger partial charge in [-0.15, -0.1) is 0 Å². The Bertz CT molecular complexity index is 651. The molecule has 0 N–H and O–H groups in total. The maximum atomic E-state index is 12.2. The third-order valence-electron chi connectivity index (χ3n) is 4.31. The second kappa shape index (κ2) is 4.07. The van der Waals surface area contributed by atoms with E-state index in [4.69, 9.17) is 0 Å². The Morgan fingerprint density at radius 1 is 1.21 bits per heavy atom. The second-order valence-electron chi connectivity index (χ2n) is 5.59. The lowest BCUT2D eigenvalue weighted by Crippen LogP contribution is -2.36. The van der Waals surface area contributed by atoms with Gasteiger partial charge in [-0.3, -0.25) is 4.79 Å². The number of aryl methyl sites for hydroxylation is 1. The maximum absolute atomic E-state index is 12.2. The molecule has 0 aromatic heterocycles. The number of anilines is 1. The summed E-state index contributed by atoms with van der Waals surface area (Å²) >= 11 is 0. The molecule has 2 aliphatic heterocycles. The minimum atomic E-state index is -2.99. The number of amides is 1. The van der Waals surface area contributed by atoms with E-state index >= 15 is 0 Å². The zero-order valence-electron chi connectivity index (χ0n) is 11.1. The Balaban J connectivity index is 2.05. The summed E-state index contributed by atoms with van der Waals surface area (Å²) in [5.41, 5.74) is 3.05. The molecule has 0 aliphatic carbocycles. The van der Waals surface area contributed by atoms with Crippen molar-refractivity contribution in [3.63, 3.8) is 0 Å². The SMILES string of the molecule is Cc1cccc(N2C(=O)C[C@H]3CS(=O)(=O)C[C@H]32)c1C. The molecule has 2 saturated heterocycles. The predicted molar refractivity (Wildman–Crippen MR) is 74.0 cm³/mol. The molecule has 2 heterocycles. The standard InChI is InChI=1S/C14H17NO3S/c1-9-4-3-5-12(10(9)2)15-13-8-19(17,18)7-11(13)6-14(15)16/h3-5,11,13H,6-8H2,1-2H3/t11-,13+/m0/s1. The average Bonchev–Trinajstić information content (AvgIpc) is 2.73. The van der Waals surface area contributed by atoms with Gasteiger partial charge < -0.3 is 4.90 Å². The van der Waals surface area contributed by atoms with Gasteiger partial charge in [-0.2, -0.15) is 0 Å². The summed E-state index contributed by atoms with van der Waals surface area (Å²) in [7, 11) is -2.99. The van der Waals surface area contributed by atoms with Crippen molar-refractivity contribution in [3.8, 4) is 0 Å². The van der Waals surface area contributed by atoms with Crippen LogP contribution in [0.1, 0.15) is 17.5 Å². The molecule has 0 bridgehead atoms. The van der Waals surface area contributed by atoms with E-state index in [-0.39, 0.29) is 29.4 Å². The van der Waals surface area contributed by atoms with Crippen molar-refractivity contribution in [2.75, 3.05) is 16.4 Å². The summed E-state index contributed by atoms with van der Waals surface area (Å²) < 4.78 is 23.5. The third kappa shape index (κ3) is 1.96. The van der Waals surface area contributed by atoms with Crippen LogP contribution in [0.25, 0.3) is 0 Å². The van der Waals surface area contributed by atoms with Crippen LogP contribution in [0.15, 0.2) is 18.2 Å². The summed E-state index contributed by atoms with van der Waals surface area (Å²) in [5.74, 6) is 0.290. The number of fused-ring (bicyclic) bond motifs is 1. The molecule has 0 unspecified atom stereocenters. The van der Waals surface area contributed by atoms with Crippen molar-refractivity contribution in [2.24, 2.45) is 5.92 Å². The van der Waals surface area contributed by atoms with Crippen LogP contribution in [-0.2, 0) is 14.6 Å². The number of benzene rings is 1. The lowest BCUT2D eigenvalue weighted by Gasteiger charge is -2.25. The van der Waals surface area contributed by atoms with Gasteiger partial charge in [-0.05, 0) is 31.0 Å². The molecule has 2 fully saturated rings. The Kier molecular flexibility index (Phi) is 2.71. The highest BCUT2D eigenvalue weighted by Crippen LogP contribution is 2.38. The quantitative estimate of drug-likeness (QED) is 0.782. The smallest absolute Gasteiger partial charge is 0.227 e. The third-order valence-corrected chi connectivity index (χ3v) is 6.09. The van der Waals surface area contributed by atoms with Crippen molar-refractivity contribution < 1.29 is 13.2 Å². The van der Waals surface area contributed by atoms with E-state index in [1.807, 2.05) is 32.0 Å². The van der Waals surface area contributed by atoms with Gasteiger partial charge in [-0.1, -0.05) is 12.1 Å². The van der Waals surface area contributed by atoms with Gasteiger partial charge in [0.15, 0.2) is 9.84 Å². The highest BCUT2D eigenvalue weighted by Gasteiger charge is 2.49. The van der Waals surface area contributed by atoms with Gasteiger partial charge in [-0.25, -0.2) is 8.42 Å². The zero-order chi connectivity index (χ0) is 13.8. The first-order valence-corrected chi connectivity index (χ1v) is 8.30. The first-order chi connectivity index (χ1) is 8.89. The molecule has 1 aromatic rings. The van der Waals surface area contributed by atoms with E-state index in [0.29, 0.717) is 6.42 Å². The van der Waals surface area contributed by atoms with Crippen LogP contribution in [0.3, 0.4) is 0 Å². The Hall–Kier alpha value is -1.36. The fraction of sp³-hybridized carbons (Fsp3) is 0.500. The van der Waals surface area contributed by atoms with Gasteiger partial charge in [0.25, 0.3) is 0 Å². The van der Waals surface area contributed by atoms with Crippen LogP contribution in [0.4, 0.5) is 5.69 Å². The van der Waals surface area contributed by atoms with E-state index in [2.05, 4.69) is 0 Å². The van der Waals surface area contributed by atoms with Crippen molar-refractivity contribution in [1.29, 1.82) is 0 Å². The molecule has 0 radical (unpaired) electrons. The Labute approximate surface area is 113 Å². The van der Waals surface area contributed by atoms with Crippen LogP contribution in [0, 0.1) is 19.8 Å². The molecule has 1 aromatic carbocycles. The number of hydrogen-bond donors (Lipinski definition) is 0. The lowest BCUT2D eigenvalue weighted by atomic mass is 10.0. The molecule has 2 atom stereocenters. The normalized spacial score (nSPS) is 28.7. The number of hydrogen-bond acceptors (Lipinski definition) is 3. The Morgan fingerprint density at radius 3 is 2.68 bits per heavy atom. The van der Waals surface area contributed by atoms with Crippen molar-refractivity contribution >= 4 is 21.4 Å². The number of nitrogens with zero attached hydrogens (tertiary/aromatic N) is 1. The number of sulfone groups is 1. The van der Waals surface area contributed by atoms with E-state index in [0.717, 1.165) is 16.8 Å². The second-order valence-corrected chi connectivity index (χ2v) is 7.75. The van der Waals surface area contributed by atoms with Gasteiger partial charge >= 0.3 is 0 Å². The van der Waals surface area contributed by atoms with E-state index in [1.165, 1.54) is 0 Å². The number of rotatable bonds is 1. The van der Waals surface area contributed by atoms with E-state index in [1.54, 1.807) is 4.90 Å². The maximum Gasteiger partial charge on any atom is 0.227 e. The molecule has 0 saturated carbocycles. The van der Waals surface area contributed by atoms with E-state index < -0.39 is 9.84 Å². The predicted octanol–water partition coefficient (Wildman–Crippen LogP) is 1.45. The number of carbonyl (C=O) groups is 1. The minimum absolute atomic E-state index is 0.0302. The first kappa shape index (κ1) is 12.7. The van der Waals surface area contributed by atoms with Crippen LogP contribution in [0.2, 0.25) is 0 Å². The largest absolute Gasteiger partial charge is 0.308 e. The Morgan fingerprint density at radius 2 is 1.95 bits per heavy atom. The monoisotopic (exact) mass is 279 g/mol. The molecule has 102 valence electrons. The van der Waals surface area contributed by atoms with Crippen LogP contribution in [0.5, 0.6) is 0 Å². The molecule has 0 spiro atoms. The van der Waals surface area contributed by atoms with Crippen LogP contribution >= 0.6 is 0 Å². The summed E-state index contributed by atoms with van der Waals surface area (Å²) in [6.07, 6.45) is 0.358. The number of carbonyl (C=O) groups excluding carboxylic acids is 1. The van der Waals surface area contributed by atoms with E-state index in [9.17, 15) is 13.2 Å². The summed E-state index contributed by atoms with van der Waals surface area (Å²) in [6, 6.07) is 5.66. The van der Waals surface area contributed by atoms with Gasteiger partial charge in [0.05, 0.1) is 17.5 Å². The molecular formula is C14H17NO3S. The molecule has 19 heavy (non-hydrogen) atoms. The fourth-order valence-electron chi connectivity index (χ4n) is 3.20. The van der Waals surface area contributed by atoms with Crippen molar-refractivity contribution in [1.82, 2.24) is 0 Å². The summed E-state index contributed by atoms with van der Waals surface area (Å²) in [6.45, 7) is 3.98. The zero-order valence-corrected chi connectivity index (χ0v) is 11.9. The van der Waals surface area contributed by atoms with Crippen molar-refractivity contribution in [3.05, 3.63) is 29.3 Å². The lowest BCUT2D eigenvalue weighted by molar-refractivity contribution is -0.117. The van der Waals surface area contributed by atoms with Crippen LogP contribution < -0.4 is 4.90 Å². The highest BCUT2D eigenvalue weighted by molar-refractivity contribution is 7.91. The average molecular weight is 279 g/mol. The molecule has 1 amide bonds. The minimum Gasteiger partial charge on any atom is -0.308 e.